The number of para-hydroxylation sites is 2. The molecule has 92 valence electrons. The van der Waals surface area contributed by atoms with Gasteiger partial charge in [0.05, 0.1) is 10.7 Å². The normalized spacial score (nSPS) is 10.1. The zero-order valence-electron chi connectivity index (χ0n) is 9.15. The van der Waals surface area contributed by atoms with Crippen LogP contribution in [0, 0.1) is 0 Å². The molecular formula is C13H9BrClNO2. The summed E-state index contributed by atoms with van der Waals surface area (Å²) in [6.07, 6.45) is 0. The molecule has 0 bridgehead atoms. The number of anilines is 1. The highest BCUT2D eigenvalue weighted by Gasteiger charge is 2.09. The molecule has 0 spiro atoms. The monoisotopic (exact) mass is 325 g/mol. The van der Waals surface area contributed by atoms with Crippen LogP contribution in [0.15, 0.2) is 46.9 Å². The zero-order chi connectivity index (χ0) is 13.1. The van der Waals surface area contributed by atoms with E-state index < -0.39 is 0 Å². The van der Waals surface area contributed by atoms with Crippen LogP contribution >= 0.6 is 27.5 Å². The van der Waals surface area contributed by atoms with Crippen molar-refractivity contribution in [2.45, 2.75) is 0 Å². The fourth-order valence-corrected chi connectivity index (χ4v) is 1.91. The predicted octanol–water partition coefficient (Wildman–Crippen LogP) is 4.06. The average Bonchev–Trinajstić information content (AvgIpc) is 2.35. The molecule has 0 radical (unpaired) electrons. The number of nitrogens with one attached hydrogen (secondary N) is 1. The Hall–Kier alpha value is -1.52. The van der Waals surface area contributed by atoms with Gasteiger partial charge in [0, 0.05) is 10.0 Å². The van der Waals surface area contributed by atoms with Crippen LogP contribution in [0.25, 0.3) is 0 Å². The summed E-state index contributed by atoms with van der Waals surface area (Å²) in [4.78, 5) is 11.9. The first kappa shape index (κ1) is 12.9. The summed E-state index contributed by atoms with van der Waals surface area (Å²) in [7, 11) is 0. The second kappa shape index (κ2) is 5.42. The number of rotatable bonds is 2. The summed E-state index contributed by atoms with van der Waals surface area (Å²) in [6, 6.07) is 11.4. The number of carbonyl (C=O) groups excluding carboxylic acids is 1. The second-order valence-corrected chi connectivity index (χ2v) is 4.86. The predicted molar refractivity (Wildman–Crippen MR) is 75.2 cm³/mol. The molecule has 5 heteroatoms. The van der Waals surface area contributed by atoms with Gasteiger partial charge < -0.3 is 10.4 Å². The van der Waals surface area contributed by atoms with E-state index in [1.807, 2.05) is 0 Å². The van der Waals surface area contributed by atoms with Gasteiger partial charge in [-0.2, -0.15) is 0 Å². The van der Waals surface area contributed by atoms with Crippen LogP contribution in [0.2, 0.25) is 5.02 Å². The lowest BCUT2D eigenvalue weighted by molar-refractivity contribution is 0.102. The van der Waals surface area contributed by atoms with Crippen LogP contribution in [0.3, 0.4) is 0 Å². The van der Waals surface area contributed by atoms with Gasteiger partial charge in [-0.3, -0.25) is 4.79 Å². The molecule has 0 aromatic heterocycles. The summed E-state index contributed by atoms with van der Waals surface area (Å²) in [5, 5.41) is 12.7. The van der Waals surface area contributed by atoms with Crippen molar-refractivity contribution in [1.82, 2.24) is 0 Å². The Morgan fingerprint density at radius 1 is 1.22 bits per heavy atom. The molecule has 0 aliphatic rings. The van der Waals surface area contributed by atoms with Crippen molar-refractivity contribution in [2.24, 2.45) is 0 Å². The van der Waals surface area contributed by atoms with Crippen molar-refractivity contribution in [3.05, 3.63) is 57.5 Å². The largest absolute Gasteiger partial charge is 0.506 e. The molecule has 2 aromatic rings. The smallest absolute Gasteiger partial charge is 0.255 e. The van der Waals surface area contributed by atoms with Gasteiger partial charge in [0.15, 0.2) is 0 Å². The fraction of sp³-hybridized carbons (Fsp3) is 0. The van der Waals surface area contributed by atoms with Crippen molar-refractivity contribution in [3.63, 3.8) is 0 Å². The molecule has 0 unspecified atom stereocenters. The molecule has 18 heavy (non-hydrogen) atoms. The van der Waals surface area contributed by atoms with Gasteiger partial charge in [0.2, 0.25) is 0 Å². The fourth-order valence-electron chi connectivity index (χ4n) is 1.41. The minimum Gasteiger partial charge on any atom is -0.506 e. The van der Waals surface area contributed by atoms with Gasteiger partial charge >= 0.3 is 0 Å². The van der Waals surface area contributed by atoms with Gasteiger partial charge in [-0.15, -0.1) is 0 Å². The Kier molecular flexibility index (Phi) is 3.89. The number of carbonyl (C=O) groups is 1. The summed E-state index contributed by atoms with van der Waals surface area (Å²) >= 11 is 9.11. The maximum absolute atomic E-state index is 11.9. The Morgan fingerprint density at radius 2 is 1.94 bits per heavy atom. The quantitative estimate of drug-likeness (QED) is 0.818. The topological polar surface area (TPSA) is 49.3 Å². The maximum Gasteiger partial charge on any atom is 0.255 e. The highest BCUT2D eigenvalue weighted by molar-refractivity contribution is 9.10. The Balaban J connectivity index is 2.22. The van der Waals surface area contributed by atoms with E-state index in [0.29, 0.717) is 20.7 Å². The lowest BCUT2D eigenvalue weighted by Crippen LogP contribution is -2.11. The molecule has 2 N–H and O–H groups in total. The van der Waals surface area contributed by atoms with E-state index in [1.54, 1.807) is 36.4 Å². The number of phenols is 1. The van der Waals surface area contributed by atoms with Gasteiger partial charge in [0.25, 0.3) is 5.91 Å². The summed E-state index contributed by atoms with van der Waals surface area (Å²) in [5.41, 5.74) is 0.822. The Bertz CT molecular complexity index is 601. The van der Waals surface area contributed by atoms with Crippen LogP contribution in [0.5, 0.6) is 5.75 Å². The lowest BCUT2D eigenvalue weighted by Gasteiger charge is -2.07. The number of aromatic hydroxyl groups is 1. The minimum atomic E-state index is -0.311. The first-order valence-corrected chi connectivity index (χ1v) is 6.29. The van der Waals surface area contributed by atoms with E-state index in [9.17, 15) is 9.90 Å². The third kappa shape index (κ3) is 2.83. The van der Waals surface area contributed by atoms with E-state index in [0.717, 1.165) is 0 Å². The molecule has 0 heterocycles. The number of phenolic OH excluding ortho intramolecular Hbond substituents is 1. The Labute approximate surface area is 118 Å². The molecule has 1 amide bonds. The van der Waals surface area contributed by atoms with E-state index >= 15 is 0 Å². The minimum absolute atomic E-state index is 0.0267. The first-order valence-electron chi connectivity index (χ1n) is 5.12. The molecule has 0 atom stereocenters. The van der Waals surface area contributed by atoms with Crippen molar-refractivity contribution >= 4 is 39.1 Å². The van der Waals surface area contributed by atoms with Crippen molar-refractivity contribution < 1.29 is 9.90 Å². The highest BCUT2D eigenvalue weighted by atomic mass is 79.9. The number of amides is 1. The molecule has 0 fully saturated rings. The highest BCUT2D eigenvalue weighted by Crippen LogP contribution is 2.25. The van der Waals surface area contributed by atoms with Crippen molar-refractivity contribution in [2.75, 3.05) is 5.32 Å². The third-order valence-corrected chi connectivity index (χ3v) is 3.55. The van der Waals surface area contributed by atoms with E-state index in [1.165, 1.54) is 6.07 Å². The van der Waals surface area contributed by atoms with Crippen LogP contribution in [0.4, 0.5) is 5.69 Å². The van der Waals surface area contributed by atoms with Crippen LogP contribution in [-0.4, -0.2) is 11.0 Å². The van der Waals surface area contributed by atoms with E-state index in [2.05, 4.69) is 21.2 Å². The molecule has 2 rings (SSSR count). The SMILES string of the molecule is O=C(Nc1ccccc1O)c1ccc(Cl)c(Br)c1. The molecule has 2 aromatic carbocycles. The van der Waals surface area contributed by atoms with Crippen LogP contribution in [-0.2, 0) is 0 Å². The van der Waals surface area contributed by atoms with E-state index in [-0.39, 0.29) is 11.7 Å². The standard InChI is InChI=1S/C13H9BrClNO2/c14-9-7-8(5-6-10(9)15)13(18)16-11-3-1-2-4-12(11)17/h1-7,17H,(H,16,18). The molecule has 3 nitrogen and oxygen atoms in total. The molecule has 0 saturated carbocycles. The molecule has 0 aliphatic carbocycles. The number of hydrogen-bond donors (Lipinski definition) is 2. The average molecular weight is 327 g/mol. The third-order valence-electron chi connectivity index (χ3n) is 2.33. The van der Waals surface area contributed by atoms with Crippen molar-refractivity contribution in [3.8, 4) is 5.75 Å². The van der Waals surface area contributed by atoms with Crippen molar-refractivity contribution in [1.29, 1.82) is 0 Å². The zero-order valence-corrected chi connectivity index (χ0v) is 11.5. The van der Waals surface area contributed by atoms with Crippen LogP contribution < -0.4 is 5.32 Å². The van der Waals surface area contributed by atoms with Gasteiger partial charge in [-0.25, -0.2) is 0 Å². The van der Waals surface area contributed by atoms with Crippen LogP contribution in [0.1, 0.15) is 10.4 Å². The van der Waals surface area contributed by atoms with Gasteiger partial charge in [-0.1, -0.05) is 23.7 Å². The van der Waals surface area contributed by atoms with Gasteiger partial charge in [-0.05, 0) is 46.3 Å². The van der Waals surface area contributed by atoms with E-state index in [4.69, 9.17) is 11.6 Å². The molecule has 0 aliphatic heterocycles. The first-order chi connectivity index (χ1) is 8.58. The maximum atomic E-state index is 11.9. The molecule has 0 saturated heterocycles. The molecular weight excluding hydrogens is 318 g/mol. The number of hydrogen-bond acceptors (Lipinski definition) is 2. The second-order valence-electron chi connectivity index (χ2n) is 3.60. The summed E-state index contributed by atoms with van der Waals surface area (Å²) in [6.45, 7) is 0. The Morgan fingerprint density at radius 3 is 2.61 bits per heavy atom. The van der Waals surface area contributed by atoms with Gasteiger partial charge in [0.1, 0.15) is 5.75 Å². The summed E-state index contributed by atoms with van der Waals surface area (Å²) in [5.74, 6) is -0.284. The number of halogens is 2. The lowest BCUT2D eigenvalue weighted by atomic mass is 10.2. The summed E-state index contributed by atoms with van der Waals surface area (Å²) < 4.78 is 0.647. The number of benzene rings is 2.